The van der Waals surface area contributed by atoms with Gasteiger partial charge in [-0.15, -0.1) is 0 Å². The van der Waals surface area contributed by atoms with Crippen LogP contribution in [0.25, 0.3) is 11.5 Å². The molecule has 116 valence electrons. The molecule has 2 aromatic heterocycles. The lowest BCUT2D eigenvalue weighted by atomic mass is 10.3. The third-order valence-electron chi connectivity index (χ3n) is 2.41. The highest BCUT2D eigenvalue weighted by molar-refractivity contribution is 5.61. The predicted molar refractivity (Wildman–Crippen MR) is 79.4 cm³/mol. The molecule has 0 saturated heterocycles. The molecule has 0 bridgehead atoms. The van der Waals surface area contributed by atoms with Crippen LogP contribution in [0.3, 0.4) is 0 Å². The third kappa shape index (κ3) is 3.78. The highest BCUT2D eigenvalue weighted by atomic mass is 16.6. The first-order valence-electron chi connectivity index (χ1n) is 6.46. The maximum absolute atomic E-state index is 10.7. The molecule has 0 aromatic carbocycles. The average Bonchev–Trinajstić information content (AvgIpc) is 2.95. The molecule has 0 saturated carbocycles. The molecule has 0 radical (unpaired) electrons. The minimum atomic E-state index is -0.612. The Balaban J connectivity index is 2.42. The molecule has 9 heteroatoms. The molecule has 0 N–H and O–H groups in total. The van der Waals surface area contributed by atoms with Crippen LogP contribution < -0.4 is 4.74 Å². The van der Waals surface area contributed by atoms with Gasteiger partial charge in [0, 0.05) is 20.2 Å². The van der Waals surface area contributed by atoms with Gasteiger partial charge in [0.15, 0.2) is 5.76 Å². The van der Waals surface area contributed by atoms with Crippen molar-refractivity contribution in [2.45, 2.75) is 6.92 Å². The van der Waals surface area contributed by atoms with Gasteiger partial charge in [-0.05, 0) is 13.0 Å². The maximum Gasteiger partial charge on any atom is 0.433 e. The molecule has 0 aliphatic heterocycles. The number of furan rings is 1. The zero-order chi connectivity index (χ0) is 16.1. The van der Waals surface area contributed by atoms with Gasteiger partial charge in [0.2, 0.25) is 5.88 Å². The summed E-state index contributed by atoms with van der Waals surface area (Å²) in [6.07, 6.45) is 1.54. The van der Waals surface area contributed by atoms with Gasteiger partial charge in [0.05, 0.1) is 19.0 Å². The van der Waals surface area contributed by atoms with Gasteiger partial charge < -0.3 is 14.1 Å². The van der Waals surface area contributed by atoms with Crippen LogP contribution in [-0.4, -0.2) is 46.8 Å². The summed E-state index contributed by atoms with van der Waals surface area (Å²) >= 11 is 0. The van der Waals surface area contributed by atoms with Crippen LogP contribution in [-0.2, 0) is 0 Å². The van der Waals surface area contributed by atoms with Crippen LogP contribution in [0.1, 0.15) is 6.92 Å². The fraction of sp³-hybridized carbons (Fsp3) is 0.308. The first-order chi connectivity index (χ1) is 10.5. The second-order valence-corrected chi connectivity index (χ2v) is 4.43. The topological polar surface area (TPSA) is 107 Å². The van der Waals surface area contributed by atoms with Crippen molar-refractivity contribution >= 4 is 18.2 Å². The van der Waals surface area contributed by atoms with Crippen molar-refractivity contribution in [3.63, 3.8) is 0 Å². The zero-order valence-electron chi connectivity index (χ0n) is 12.4. The van der Waals surface area contributed by atoms with E-state index in [-0.39, 0.29) is 17.6 Å². The normalized spacial score (nSPS) is 10.9. The summed E-state index contributed by atoms with van der Waals surface area (Å²) in [5.41, 5.74) is 0.359. The van der Waals surface area contributed by atoms with E-state index in [0.29, 0.717) is 18.2 Å². The molecule has 9 nitrogen and oxygen atoms in total. The Labute approximate surface area is 126 Å². The van der Waals surface area contributed by atoms with Gasteiger partial charge in [-0.2, -0.15) is 4.98 Å². The average molecular weight is 305 g/mol. The summed E-state index contributed by atoms with van der Waals surface area (Å²) in [4.78, 5) is 24.2. The fourth-order valence-corrected chi connectivity index (χ4v) is 1.55. The molecule has 0 aliphatic carbocycles. The van der Waals surface area contributed by atoms with Crippen LogP contribution in [0, 0.1) is 10.1 Å². The fourth-order valence-electron chi connectivity index (χ4n) is 1.55. The molecule has 0 fully saturated rings. The van der Waals surface area contributed by atoms with Crippen LogP contribution >= 0.6 is 0 Å². The van der Waals surface area contributed by atoms with Crippen LogP contribution in [0.4, 0.5) is 11.8 Å². The summed E-state index contributed by atoms with van der Waals surface area (Å²) in [7, 11) is 3.62. The van der Waals surface area contributed by atoms with Crippen molar-refractivity contribution in [3.8, 4) is 17.3 Å². The summed E-state index contributed by atoms with van der Waals surface area (Å²) in [6, 6.07) is 4.27. The van der Waals surface area contributed by atoms with E-state index in [1.807, 2.05) is 21.0 Å². The second-order valence-electron chi connectivity index (χ2n) is 4.43. The number of nitro groups is 1. The number of aromatic nitrogens is 2. The Morgan fingerprint density at radius 2 is 2.23 bits per heavy atom. The third-order valence-corrected chi connectivity index (χ3v) is 2.41. The SMILES string of the molecule is CCOc1cc(-c2ccc([N+](=O)[O-])o2)nc(/N=C/N(C)C)n1. The molecule has 22 heavy (non-hydrogen) atoms. The van der Waals surface area contributed by atoms with Crippen molar-refractivity contribution in [1.82, 2.24) is 14.9 Å². The summed E-state index contributed by atoms with van der Waals surface area (Å²) in [5.74, 6) is 0.382. The van der Waals surface area contributed by atoms with Gasteiger partial charge in [-0.1, -0.05) is 0 Å². The molecular formula is C13H15N5O4. The van der Waals surface area contributed by atoms with Crippen molar-refractivity contribution in [3.05, 3.63) is 28.3 Å². The minimum Gasteiger partial charge on any atom is -0.478 e. The highest BCUT2D eigenvalue weighted by Gasteiger charge is 2.16. The molecule has 0 aliphatic rings. The van der Waals surface area contributed by atoms with Gasteiger partial charge in [0.25, 0.3) is 5.95 Å². The van der Waals surface area contributed by atoms with E-state index in [2.05, 4.69) is 15.0 Å². The lowest BCUT2D eigenvalue weighted by Gasteiger charge is -2.05. The van der Waals surface area contributed by atoms with Crippen LogP contribution in [0.2, 0.25) is 0 Å². The molecule has 2 aromatic rings. The van der Waals surface area contributed by atoms with Gasteiger partial charge in [0.1, 0.15) is 10.6 Å². The van der Waals surface area contributed by atoms with Crippen molar-refractivity contribution < 1.29 is 14.1 Å². The van der Waals surface area contributed by atoms with Crippen molar-refractivity contribution in [2.75, 3.05) is 20.7 Å². The van der Waals surface area contributed by atoms with Gasteiger partial charge in [-0.3, -0.25) is 10.1 Å². The molecule has 0 unspecified atom stereocenters. The summed E-state index contributed by atoms with van der Waals surface area (Å²) in [6.45, 7) is 2.24. The number of aliphatic imine (C=N–C) groups is 1. The van der Waals surface area contributed by atoms with Gasteiger partial charge >= 0.3 is 5.88 Å². The van der Waals surface area contributed by atoms with E-state index in [4.69, 9.17) is 9.15 Å². The van der Waals surface area contributed by atoms with Crippen molar-refractivity contribution in [1.29, 1.82) is 0 Å². The van der Waals surface area contributed by atoms with E-state index in [1.165, 1.54) is 12.1 Å². The Hall–Kier alpha value is -2.97. The minimum absolute atomic E-state index is 0.175. The molecule has 0 amide bonds. The first kappa shape index (κ1) is 15.4. The van der Waals surface area contributed by atoms with Crippen molar-refractivity contribution in [2.24, 2.45) is 4.99 Å². The van der Waals surface area contributed by atoms with E-state index in [9.17, 15) is 10.1 Å². The van der Waals surface area contributed by atoms with Crippen LogP contribution in [0.5, 0.6) is 5.88 Å². The molecule has 0 atom stereocenters. The largest absolute Gasteiger partial charge is 0.478 e. The van der Waals surface area contributed by atoms with E-state index in [1.54, 1.807) is 17.3 Å². The number of rotatable bonds is 6. The summed E-state index contributed by atoms with van der Waals surface area (Å²) in [5, 5.41) is 10.7. The lowest BCUT2D eigenvalue weighted by molar-refractivity contribution is -0.401. The lowest BCUT2D eigenvalue weighted by Crippen LogP contribution is -2.07. The highest BCUT2D eigenvalue weighted by Crippen LogP contribution is 2.28. The first-order valence-corrected chi connectivity index (χ1v) is 6.46. The number of nitrogens with zero attached hydrogens (tertiary/aromatic N) is 5. The Morgan fingerprint density at radius 1 is 1.45 bits per heavy atom. The quantitative estimate of drug-likeness (QED) is 0.348. The molecule has 0 spiro atoms. The molecular weight excluding hydrogens is 290 g/mol. The van der Waals surface area contributed by atoms with Gasteiger partial charge in [-0.25, -0.2) is 9.98 Å². The molecule has 2 heterocycles. The van der Waals surface area contributed by atoms with E-state index >= 15 is 0 Å². The number of hydrogen-bond acceptors (Lipinski definition) is 7. The predicted octanol–water partition coefficient (Wildman–Crippen LogP) is 2.26. The van der Waals surface area contributed by atoms with E-state index in [0.717, 1.165) is 0 Å². The second kappa shape index (κ2) is 6.66. The number of ether oxygens (including phenoxy) is 1. The van der Waals surface area contributed by atoms with Crippen LogP contribution in [0.15, 0.2) is 27.6 Å². The molecule has 2 rings (SSSR count). The number of hydrogen-bond donors (Lipinski definition) is 0. The van der Waals surface area contributed by atoms with E-state index < -0.39 is 4.92 Å². The maximum atomic E-state index is 10.7. The standard InChI is InChI=1S/C13H15N5O4/c1-4-21-11-7-9(10-5-6-12(22-10)18(19)20)15-13(16-11)14-8-17(2)3/h5-8H,4H2,1-3H3/b14-8+. The Morgan fingerprint density at radius 3 is 2.82 bits per heavy atom. The zero-order valence-corrected chi connectivity index (χ0v) is 12.4. The Kier molecular flexibility index (Phi) is 4.66. The monoisotopic (exact) mass is 305 g/mol. The smallest absolute Gasteiger partial charge is 0.433 e. The Bertz CT molecular complexity index is 695. The summed E-state index contributed by atoms with van der Waals surface area (Å²) < 4.78 is 10.5.